The van der Waals surface area contributed by atoms with E-state index in [0.29, 0.717) is 41.4 Å². The minimum Gasteiger partial charge on any atom is -0.504 e. The molecule has 44 heavy (non-hydrogen) atoms. The van der Waals surface area contributed by atoms with Gasteiger partial charge in [0, 0.05) is 22.8 Å². The van der Waals surface area contributed by atoms with Crippen LogP contribution in [-0.2, 0) is 22.3 Å². The highest BCUT2D eigenvalue weighted by Crippen LogP contribution is 2.54. The Balaban J connectivity index is 1.48. The van der Waals surface area contributed by atoms with Gasteiger partial charge in [-0.15, -0.1) is 0 Å². The van der Waals surface area contributed by atoms with Gasteiger partial charge < -0.3 is 38.6 Å². The van der Waals surface area contributed by atoms with Crippen LogP contribution in [0.3, 0.4) is 0 Å². The van der Waals surface area contributed by atoms with Crippen LogP contribution in [0.2, 0.25) is 0 Å². The van der Waals surface area contributed by atoms with Crippen LogP contribution in [0, 0.1) is 5.82 Å². The number of phenolic OH excluding ortho intramolecular Hbond substituents is 2. The van der Waals surface area contributed by atoms with E-state index in [1.165, 1.54) is 12.1 Å². The van der Waals surface area contributed by atoms with E-state index in [1.54, 1.807) is 32.4 Å². The van der Waals surface area contributed by atoms with Gasteiger partial charge in [0.25, 0.3) is 0 Å². The molecule has 0 aromatic heterocycles. The molecule has 228 valence electrons. The Morgan fingerprint density at radius 3 is 2.07 bits per heavy atom. The van der Waals surface area contributed by atoms with Crippen LogP contribution >= 0.6 is 0 Å². The SMILES string of the molecule is COc1cc(OC)c2c(c1-c1cc(O)c(O)c3c1C[C@H](C)OC3c1ccc3c(c1)OCO3)C[C@H](C)OC2c1ccc(F)cc1. The number of fused-ring (bicyclic) bond motifs is 3. The summed E-state index contributed by atoms with van der Waals surface area (Å²) in [6.45, 7) is 4.11. The maximum absolute atomic E-state index is 13.9. The first-order valence-electron chi connectivity index (χ1n) is 14.6. The number of aromatic hydroxyl groups is 2. The Morgan fingerprint density at radius 1 is 0.727 bits per heavy atom. The van der Waals surface area contributed by atoms with Gasteiger partial charge in [0.2, 0.25) is 6.79 Å². The van der Waals surface area contributed by atoms with Crippen LogP contribution in [0.25, 0.3) is 11.1 Å². The molecule has 2 N–H and O–H groups in total. The second-order valence-corrected chi connectivity index (χ2v) is 11.5. The molecule has 4 aromatic carbocycles. The van der Waals surface area contributed by atoms with Gasteiger partial charge in [-0.05, 0) is 84.8 Å². The van der Waals surface area contributed by atoms with E-state index in [-0.39, 0.29) is 36.3 Å². The van der Waals surface area contributed by atoms with Crippen LogP contribution in [-0.4, -0.2) is 43.4 Å². The number of halogens is 1. The molecule has 0 saturated heterocycles. The Hall–Kier alpha value is -4.47. The third kappa shape index (κ3) is 4.58. The van der Waals surface area contributed by atoms with Gasteiger partial charge >= 0.3 is 0 Å². The van der Waals surface area contributed by atoms with Crippen molar-refractivity contribution in [3.63, 3.8) is 0 Å². The molecule has 4 atom stereocenters. The quantitative estimate of drug-likeness (QED) is 0.243. The zero-order chi connectivity index (χ0) is 30.7. The zero-order valence-electron chi connectivity index (χ0n) is 24.8. The third-order valence-electron chi connectivity index (χ3n) is 8.66. The van der Waals surface area contributed by atoms with E-state index >= 15 is 0 Å². The molecule has 0 fully saturated rings. The molecule has 0 radical (unpaired) electrons. The second kappa shape index (κ2) is 10.9. The summed E-state index contributed by atoms with van der Waals surface area (Å²) < 4.78 is 49.7. The summed E-state index contributed by atoms with van der Waals surface area (Å²) in [6, 6.07) is 15.2. The lowest BCUT2D eigenvalue weighted by Gasteiger charge is -2.36. The number of methoxy groups -OCH3 is 2. The van der Waals surface area contributed by atoms with Crippen LogP contribution in [0.4, 0.5) is 4.39 Å². The molecular formula is C35H33FO8. The number of ether oxygens (including phenoxy) is 6. The summed E-state index contributed by atoms with van der Waals surface area (Å²) >= 11 is 0. The van der Waals surface area contributed by atoms with Gasteiger partial charge in [0.1, 0.15) is 29.5 Å². The minimum absolute atomic E-state index is 0.136. The maximum Gasteiger partial charge on any atom is 0.231 e. The monoisotopic (exact) mass is 600 g/mol. The molecule has 0 aliphatic carbocycles. The van der Waals surface area contributed by atoms with E-state index < -0.39 is 12.2 Å². The highest BCUT2D eigenvalue weighted by Gasteiger charge is 2.38. The van der Waals surface area contributed by atoms with Crippen molar-refractivity contribution >= 4 is 0 Å². The molecule has 7 rings (SSSR count). The van der Waals surface area contributed by atoms with E-state index in [9.17, 15) is 14.6 Å². The van der Waals surface area contributed by atoms with Gasteiger partial charge in [-0.2, -0.15) is 0 Å². The molecule has 4 aromatic rings. The lowest BCUT2D eigenvalue weighted by Crippen LogP contribution is -2.27. The average molecular weight is 601 g/mol. The summed E-state index contributed by atoms with van der Waals surface area (Å²) in [5.74, 6) is 1.52. The Bertz CT molecular complexity index is 1750. The van der Waals surface area contributed by atoms with E-state index in [1.807, 2.05) is 38.1 Å². The summed E-state index contributed by atoms with van der Waals surface area (Å²) in [6.07, 6.45) is -0.600. The molecule has 2 unspecified atom stereocenters. The molecule has 8 nitrogen and oxygen atoms in total. The van der Waals surface area contributed by atoms with Gasteiger partial charge in [0.15, 0.2) is 23.0 Å². The fraction of sp³-hybridized carbons (Fsp3) is 0.314. The first-order valence-corrected chi connectivity index (χ1v) is 14.6. The van der Waals surface area contributed by atoms with Gasteiger partial charge in [-0.3, -0.25) is 0 Å². The highest BCUT2D eigenvalue weighted by molar-refractivity contribution is 5.84. The summed E-state index contributed by atoms with van der Waals surface area (Å²) in [4.78, 5) is 0. The first kappa shape index (κ1) is 28.3. The average Bonchev–Trinajstić information content (AvgIpc) is 3.50. The normalized spacial score (nSPS) is 21.8. The minimum atomic E-state index is -0.677. The molecule has 3 aliphatic heterocycles. The van der Waals surface area contributed by atoms with Crippen LogP contribution < -0.4 is 18.9 Å². The Kier molecular flexibility index (Phi) is 7.02. The number of hydrogen-bond acceptors (Lipinski definition) is 8. The predicted molar refractivity (Wildman–Crippen MR) is 159 cm³/mol. The van der Waals surface area contributed by atoms with Crippen LogP contribution in [0.5, 0.6) is 34.5 Å². The number of rotatable bonds is 5. The smallest absolute Gasteiger partial charge is 0.231 e. The topological polar surface area (TPSA) is 95.8 Å². The molecule has 0 amide bonds. The van der Waals surface area contributed by atoms with E-state index in [2.05, 4.69) is 0 Å². The molecular weight excluding hydrogens is 567 g/mol. The van der Waals surface area contributed by atoms with Crippen molar-refractivity contribution in [1.82, 2.24) is 0 Å². The third-order valence-corrected chi connectivity index (χ3v) is 8.66. The molecule has 3 aliphatic rings. The number of phenols is 2. The molecule has 0 bridgehead atoms. The second-order valence-electron chi connectivity index (χ2n) is 11.5. The lowest BCUT2D eigenvalue weighted by molar-refractivity contribution is 0.00513. The van der Waals surface area contributed by atoms with Gasteiger partial charge in [0.05, 0.1) is 26.4 Å². The molecule has 9 heteroatoms. The molecule has 0 spiro atoms. The highest BCUT2D eigenvalue weighted by atomic mass is 19.1. The standard InChI is InChI=1S/C35H33FO8/c1-17-11-22-23(14-25(37)33(38)32(22)35(44-17)20-7-10-26-27(13-20)42-16-41-26)30-24-12-18(2)43-34(19-5-8-21(36)9-6-19)31(24)29(40-4)15-28(30)39-3/h5-10,13-15,17-18,34-35,37-38H,11-12,16H2,1-4H3/t17-,18-,34?,35?/m0/s1. The number of hydrogen-bond donors (Lipinski definition) is 2. The van der Waals surface area contributed by atoms with Crippen LogP contribution in [0.15, 0.2) is 54.6 Å². The maximum atomic E-state index is 13.9. The summed E-state index contributed by atoms with van der Waals surface area (Å²) in [7, 11) is 3.19. The van der Waals surface area contributed by atoms with Crippen molar-refractivity contribution in [1.29, 1.82) is 0 Å². The van der Waals surface area contributed by atoms with Crippen molar-refractivity contribution in [3.8, 4) is 45.6 Å². The summed E-state index contributed by atoms with van der Waals surface area (Å²) in [5.41, 5.74) is 6.10. The summed E-state index contributed by atoms with van der Waals surface area (Å²) in [5, 5.41) is 22.5. The van der Waals surface area contributed by atoms with Crippen LogP contribution in [0.1, 0.15) is 59.4 Å². The van der Waals surface area contributed by atoms with Crippen molar-refractivity contribution in [2.45, 2.75) is 51.1 Å². The predicted octanol–water partition coefficient (Wildman–Crippen LogP) is 6.75. The molecule has 3 heterocycles. The zero-order valence-corrected chi connectivity index (χ0v) is 24.8. The lowest BCUT2D eigenvalue weighted by atomic mass is 9.79. The molecule has 0 saturated carbocycles. The van der Waals surface area contributed by atoms with Gasteiger partial charge in [-0.1, -0.05) is 18.2 Å². The fourth-order valence-corrected chi connectivity index (χ4v) is 6.75. The fourth-order valence-electron chi connectivity index (χ4n) is 6.75. The number of benzene rings is 4. The van der Waals surface area contributed by atoms with Gasteiger partial charge in [-0.25, -0.2) is 4.39 Å². The van der Waals surface area contributed by atoms with Crippen molar-refractivity contribution < 1.29 is 43.0 Å². The van der Waals surface area contributed by atoms with Crippen molar-refractivity contribution in [2.75, 3.05) is 21.0 Å². The van der Waals surface area contributed by atoms with E-state index in [0.717, 1.165) is 38.9 Å². The Morgan fingerprint density at radius 2 is 1.36 bits per heavy atom. The van der Waals surface area contributed by atoms with Crippen molar-refractivity contribution in [2.24, 2.45) is 0 Å². The van der Waals surface area contributed by atoms with E-state index in [4.69, 9.17) is 28.4 Å². The van der Waals surface area contributed by atoms with Crippen molar-refractivity contribution in [3.05, 3.63) is 93.8 Å². The largest absolute Gasteiger partial charge is 0.504 e. The first-order chi connectivity index (χ1) is 21.3. The Labute approximate surface area is 254 Å².